The van der Waals surface area contributed by atoms with Crippen molar-refractivity contribution in [2.75, 3.05) is 20.6 Å². The number of carbonyl (C=O) groups is 1. The average Bonchev–Trinajstić information content (AvgIpc) is 2.80. The molecule has 1 heterocycles. The van der Waals surface area contributed by atoms with E-state index in [1.807, 2.05) is 19.0 Å². The molecule has 0 bridgehead atoms. The molecule has 0 saturated heterocycles. The summed E-state index contributed by atoms with van der Waals surface area (Å²) < 4.78 is 2.30. The van der Waals surface area contributed by atoms with Crippen LogP contribution in [0.1, 0.15) is 16.1 Å². The maximum Gasteiger partial charge on any atom is 0.212 e. The molecule has 7 heteroatoms. The molecular weight excluding hydrogens is 377 g/mol. The third-order valence-corrected chi connectivity index (χ3v) is 4.44. The van der Waals surface area contributed by atoms with Gasteiger partial charge in [-0.15, -0.1) is 0 Å². The zero-order valence-electron chi connectivity index (χ0n) is 11.6. The Morgan fingerprint density at radius 3 is 2.67 bits per heavy atom. The zero-order valence-corrected chi connectivity index (χ0v) is 14.7. The van der Waals surface area contributed by atoms with Crippen molar-refractivity contribution in [3.63, 3.8) is 0 Å². The highest BCUT2D eigenvalue weighted by atomic mass is 79.9. The number of carbonyl (C=O) groups excluding carboxylic acids is 1. The number of rotatable bonds is 5. The standard InChI is InChI=1S/C14H14BrCl2N3O/c1-19(2)5-6-20-13(12(17)8-18-20)14(21)9-3-4-11(16)10(15)7-9/h3-4,7-8H,5-6H2,1-2H3. The lowest BCUT2D eigenvalue weighted by molar-refractivity contribution is 0.102. The molecule has 0 amide bonds. The molecule has 0 N–H and O–H groups in total. The molecule has 1 aromatic heterocycles. The Hall–Kier alpha value is -0.880. The fraction of sp³-hybridized carbons (Fsp3) is 0.286. The fourth-order valence-corrected chi connectivity index (χ4v) is 2.55. The Morgan fingerprint density at radius 2 is 2.05 bits per heavy atom. The van der Waals surface area contributed by atoms with Gasteiger partial charge in [0.2, 0.25) is 5.78 Å². The summed E-state index contributed by atoms with van der Waals surface area (Å²) in [4.78, 5) is 14.7. The van der Waals surface area contributed by atoms with Crippen molar-refractivity contribution >= 4 is 44.9 Å². The van der Waals surface area contributed by atoms with Crippen LogP contribution in [0.15, 0.2) is 28.9 Å². The molecule has 0 radical (unpaired) electrons. The van der Waals surface area contributed by atoms with Gasteiger partial charge in [-0.1, -0.05) is 23.2 Å². The molecule has 2 rings (SSSR count). The number of hydrogen-bond donors (Lipinski definition) is 0. The second-order valence-electron chi connectivity index (χ2n) is 4.83. The average molecular weight is 391 g/mol. The maximum absolute atomic E-state index is 12.6. The number of hydrogen-bond acceptors (Lipinski definition) is 3. The van der Waals surface area contributed by atoms with E-state index in [1.165, 1.54) is 6.20 Å². The van der Waals surface area contributed by atoms with Crippen LogP contribution >= 0.6 is 39.1 Å². The second-order valence-corrected chi connectivity index (χ2v) is 6.49. The molecule has 0 atom stereocenters. The van der Waals surface area contributed by atoms with Crippen LogP contribution in [0, 0.1) is 0 Å². The molecule has 4 nitrogen and oxygen atoms in total. The van der Waals surface area contributed by atoms with Crippen molar-refractivity contribution in [1.29, 1.82) is 0 Å². The van der Waals surface area contributed by atoms with Gasteiger partial charge in [0.25, 0.3) is 0 Å². The first kappa shape index (κ1) is 16.5. The predicted octanol–water partition coefficient (Wildman–Crippen LogP) is 3.75. The van der Waals surface area contributed by atoms with E-state index in [-0.39, 0.29) is 5.78 Å². The first-order valence-corrected chi connectivity index (χ1v) is 7.81. The van der Waals surface area contributed by atoms with Crippen molar-refractivity contribution in [2.45, 2.75) is 6.54 Å². The van der Waals surface area contributed by atoms with Crippen molar-refractivity contribution in [3.05, 3.63) is 50.2 Å². The highest BCUT2D eigenvalue weighted by Crippen LogP contribution is 2.26. The topological polar surface area (TPSA) is 38.1 Å². The van der Waals surface area contributed by atoms with Crippen LogP contribution in [0.2, 0.25) is 10.0 Å². The Kier molecular flexibility index (Phi) is 5.43. The minimum Gasteiger partial charge on any atom is -0.308 e. The normalized spacial score (nSPS) is 11.1. The quantitative estimate of drug-likeness (QED) is 0.729. The summed E-state index contributed by atoms with van der Waals surface area (Å²) >= 11 is 15.4. The fourth-order valence-electron chi connectivity index (χ4n) is 1.83. The largest absolute Gasteiger partial charge is 0.308 e. The summed E-state index contributed by atoms with van der Waals surface area (Å²) in [6.07, 6.45) is 1.50. The summed E-state index contributed by atoms with van der Waals surface area (Å²) in [6.45, 7) is 1.36. The number of ketones is 1. The Morgan fingerprint density at radius 1 is 1.33 bits per heavy atom. The van der Waals surface area contributed by atoms with Gasteiger partial charge in [0.1, 0.15) is 5.69 Å². The Bertz CT molecular complexity index is 670. The van der Waals surface area contributed by atoms with Crippen LogP contribution in [0.5, 0.6) is 0 Å². The van der Waals surface area contributed by atoms with Crippen LogP contribution in [0.4, 0.5) is 0 Å². The smallest absolute Gasteiger partial charge is 0.212 e. The van der Waals surface area contributed by atoms with Gasteiger partial charge in [-0.25, -0.2) is 0 Å². The van der Waals surface area contributed by atoms with E-state index in [1.54, 1.807) is 22.9 Å². The van der Waals surface area contributed by atoms with Crippen LogP contribution in [-0.2, 0) is 6.54 Å². The summed E-state index contributed by atoms with van der Waals surface area (Å²) in [5.41, 5.74) is 0.910. The van der Waals surface area contributed by atoms with E-state index in [2.05, 4.69) is 21.0 Å². The van der Waals surface area contributed by atoms with Crippen LogP contribution in [0.25, 0.3) is 0 Å². The van der Waals surface area contributed by atoms with Crippen LogP contribution in [-0.4, -0.2) is 41.1 Å². The number of aromatic nitrogens is 2. The highest BCUT2D eigenvalue weighted by Gasteiger charge is 2.19. The summed E-state index contributed by atoms with van der Waals surface area (Å²) in [6, 6.07) is 5.03. The number of likely N-dealkylation sites (N-methyl/N-ethyl adjacent to an activating group) is 1. The number of benzene rings is 1. The Labute approximate surface area is 141 Å². The van der Waals surface area contributed by atoms with E-state index in [4.69, 9.17) is 23.2 Å². The van der Waals surface area contributed by atoms with Gasteiger partial charge in [0.15, 0.2) is 0 Å². The lowest BCUT2D eigenvalue weighted by Gasteiger charge is -2.12. The van der Waals surface area contributed by atoms with E-state index in [9.17, 15) is 4.79 Å². The number of halogens is 3. The van der Waals surface area contributed by atoms with Crippen molar-refractivity contribution < 1.29 is 4.79 Å². The molecule has 0 spiro atoms. The number of nitrogens with zero attached hydrogens (tertiary/aromatic N) is 3. The van der Waals surface area contributed by atoms with E-state index >= 15 is 0 Å². The summed E-state index contributed by atoms with van der Waals surface area (Å²) in [5, 5.41) is 5.08. The first-order valence-electron chi connectivity index (χ1n) is 6.26. The highest BCUT2D eigenvalue weighted by molar-refractivity contribution is 9.10. The second kappa shape index (κ2) is 6.92. The van der Waals surface area contributed by atoms with Gasteiger partial charge in [0, 0.05) is 16.6 Å². The molecule has 0 fully saturated rings. The van der Waals surface area contributed by atoms with Gasteiger partial charge in [0.05, 0.1) is 22.8 Å². The van der Waals surface area contributed by atoms with Gasteiger partial charge >= 0.3 is 0 Å². The van der Waals surface area contributed by atoms with Gasteiger partial charge in [-0.05, 0) is 48.2 Å². The van der Waals surface area contributed by atoms with Crippen LogP contribution in [0.3, 0.4) is 0 Å². The van der Waals surface area contributed by atoms with Gasteiger partial charge in [-0.2, -0.15) is 5.10 Å². The maximum atomic E-state index is 12.6. The summed E-state index contributed by atoms with van der Waals surface area (Å²) in [7, 11) is 3.92. The Balaban J connectivity index is 2.34. The molecular formula is C14H14BrCl2N3O. The molecule has 1 aromatic carbocycles. The minimum absolute atomic E-state index is 0.173. The molecule has 0 aliphatic heterocycles. The van der Waals surface area contributed by atoms with Gasteiger partial charge < -0.3 is 4.90 Å². The molecule has 0 unspecified atom stereocenters. The third-order valence-electron chi connectivity index (χ3n) is 2.95. The molecule has 112 valence electrons. The molecule has 2 aromatic rings. The van der Waals surface area contributed by atoms with E-state index < -0.39 is 0 Å². The van der Waals surface area contributed by atoms with Crippen molar-refractivity contribution in [2.24, 2.45) is 0 Å². The van der Waals surface area contributed by atoms with Crippen molar-refractivity contribution in [3.8, 4) is 0 Å². The minimum atomic E-state index is -0.173. The lowest BCUT2D eigenvalue weighted by Crippen LogP contribution is -2.21. The monoisotopic (exact) mass is 389 g/mol. The zero-order chi connectivity index (χ0) is 15.6. The lowest BCUT2D eigenvalue weighted by atomic mass is 10.1. The van der Waals surface area contributed by atoms with Crippen molar-refractivity contribution in [1.82, 2.24) is 14.7 Å². The van der Waals surface area contributed by atoms with E-state index in [0.717, 1.165) is 6.54 Å². The molecule has 21 heavy (non-hydrogen) atoms. The first-order chi connectivity index (χ1) is 9.90. The molecule has 0 aliphatic carbocycles. The molecule has 0 saturated carbocycles. The van der Waals surface area contributed by atoms with E-state index in [0.29, 0.717) is 32.3 Å². The SMILES string of the molecule is CN(C)CCn1ncc(Cl)c1C(=O)c1ccc(Cl)c(Br)c1. The molecule has 0 aliphatic rings. The van der Waals surface area contributed by atoms with Gasteiger partial charge in [-0.3, -0.25) is 9.48 Å². The summed E-state index contributed by atoms with van der Waals surface area (Å²) in [5.74, 6) is -0.173. The van der Waals surface area contributed by atoms with Crippen LogP contribution < -0.4 is 0 Å². The third kappa shape index (κ3) is 3.86. The predicted molar refractivity (Wildman–Crippen MR) is 88.4 cm³/mol.